The summed E-state index contributed by atoms with van der Waals surface area (Å²) in [6.07, 6.45) is 4.86. The van der Waals surface area contributed by atoms with E-state index >= 15 is 0 Å². The lowest BCUT2D eigenvalue weighted by molar-refractivity contribution is -0.128. The van der Waals surface area contributed by atoms with Gasteiger partial charge in [0.2, 0.25) is 0 Å². The van der Waals surface area contributed by atoms with Gasteiger partial charge < -0.3 is 10.1 Å². The minimum atomic E-state index is -0.504. The van der Waals surface area contributed by atoms with E-state index in [1.54, 1.807) is 13.0 Å². The molecular formula is C19H26ClNO2. The molecule has 0 saturated heterocycles. The lowest BCUT2D eigenvalue weighted by Crippen LogP contribution is -2.45. The Kier molecular flexibility index (Phi) is 4.86. The normalized spacial score (nSPS) is 28.4. The molecule has 5 atom stereocenters. The van der Waals surface area contributed by atoms with Crippen molar-refractivity contribution in [3.05, 3.63) is 28.8 Å². The quantitative estimate of drug-likeness (QED) is 0.868. The van der Waals surface area contributed by atoms with Gasteiger partial charge in [-0.2, -0.15) is 0 Å². The first kappa shape index (κ1) is 16.6. The summed E-state index contributed by atoms with van der Waals surface area (Å²) in [6, 6.07) is 5.68. The van der Waals surface area contributed by atoms with Crippen molar-refractivity contribution < 1.29 is 9.53 Å². The number of rotatable bonds is 5. The van der Waals surface area contributed by atoms with Crippen LogP contribution in [0.5, 0.6) is 5.75 Å². The molecule has 2 saturated carbocycles. The van der Waals surface area contributed by atoms with E-state index in [-0.39, 0.29) is 11.9 Å². The van der Waals surface area contributed by atoms with Crippen LogP contribution in [0.3, 0.4) is 0 Å². The first-order chi connectivity index (χ1) is 10.9. The monoisotopic (exact) mass is 335 g/mol. The number of fused-ring (bicyclic) bond motifs is 2. The summed E-state index contributed by atoms with van der Waals surface area (Å²) in [4.78, 5) is 12.4. The topological polar surface area (TPSA) is 38.3 Å². The Morgan fingerprint density at radius 3 is 2.70 bits per heavy atom. The maximum Gasteiger partial charge on any atom is 0.260 e. The van der Waals surface area contributed by atoms with Crippen molar-refractivity contribution >= 4 is 17.5 Å². The molecule has 0 aliphatic heterocycles. The summed E-state index contributed by atoms with van der Waals surface area (Å²) in [5, 5.41) is 3.85. The first-order valence-electron chi connectivity index (χ1n) is 8.67. The number of hydrogen-bond donors (Lipinski definition) is 1. The van der Waals surface area contributed by atoms with E-state index < -0.39 is 6.10 Å². The lowest BCUT2D eigenvalue weighted by atomic mass is 9.84. The van der Waals surface area contributed by atoms with Crippen LogP contribution in [0.15, 0.2) is 18.2 Å². The van der Waals surface area contributed by atoms with Gasteiger partial charge in [-0.05, 0) is 81.5 Å². The van der Waals surface area contributed by atoms with E-state index in [1.165, 1.54) is 25.7 Å². The van der Waals surface area contributed by atoms with Gasteiger partial charge in [0.25, 0.3) is 5.91 Å². The number of benzene rings is 1. The van der Waals surface area contributed by atoms with E-state index in [2.05, 4.69) is 12.2 Å². The van der Waals surface area contributed by atoms with Crippen LogP contribution in [0.2, 0.25) is 5.02 Å². The minimum Gasteiger partial charge on any atom is -0.481 e. The van der Waals surface area contributed by atoms with Crippen molar-refractivity contribution in [2.24, 2.45) is 17.8 Å². The lowest BCUT2D eigenvalue weighted by Gasteiger charge is -2.29. The van der Waals surface area contributed by atoms with Crippen molar-refractivity contribution in [3.63, 3.8) is 0 Å². The van der Waals surface area contributed by atoms with Gasteiger partial charge in [-0.1, -0.05) is 18.0 Å². The highest BCUT2D eigenvalue weighted by atomic mass is 35.5. The molecule has 1 aromatic rings. The maximum atomic E-state index is 12.4. The predicted octanol–water partition coefficient (Wildman–Crippen LogP) is 4.36. The van der Waals surface area contributed by atoms with Crippen LogP contribution in [0.25, 0.3) is 0 Å². The van der Waals surface area contributed by atoms with Gasteiger partial charge >= 0.3 is 0 Å². The molecule has 126 valence electrons. The van der Waals surface area contributed by atoms with Gasteiger partial charge in [0, 0.05) is 11.1 Å². The second-order valence-electron chi connectivity index (χ2n) is 7.31. The molecule has 1 N–H and O–H groups in total. The molecule has 2 fully saturated rings. The van der Waals surface area contributed by atoms with Gasteiger partial charge in [0.05, 0.1) is 0 Å². The first-order valence-corrected chi connectivity index (χ1v) is 9.05. The molecule has 3 rings (SSSR count). The zero-order valence-corrected chi connectivity index (χ0v) is 14.9. The molecule has 0 aromatic heterocycles. The van der Waals surface area contributed by atoms with E-state index in [1.807, 2.05) is 19.1 Å². The Morgan fingerprint density at radius 1 is 1.30 bits per heavy atom. The van der Waals surface area contributed by atoms with Crippen LogP contribution >= 0.6 is 11.6 Å². The Morgan fingerprint density at radius 2 is 2.09 bits per heavy atom. The third-order valence-corrected chi connectivity index (χ3v) is 5.85. The van der Waals surface area contributed by atoms with Crippen molar-refractivity contribution in [2.45, 2.75) is 58.6 Å². The smallest absolute Gasteiger partial charge is 0.260 e. The largest absolute Gasteiger partial charge is 0.481 e. The molecule has 2 aliphatic carbocycles. The van der Waals surface area contributed by atoms with Crippen molar-refractivity contribution in [1.82, 2.24) is 5.32 Å². The highest BCUT2D eigenvalue weighted by Gasteiger charge is 2.42. The highest BCUT2D eigenvalue weighted by Crippen LogP contribution is 2.49. The average Bonchev–Trinajstić information content (AvgIpc) is 3.12. The molecule has 0 heterocycles. The molecule has 4 heteroatoms. The summed E-state index contributed by atoms with van der Waals surface area (Å²) >= 11 is 5.95. The number of nitrogens with one attached hydrogen (secondary N) is 1. The summed E-state index contributed by atoms with van der Waals surface area (Å²) in [5.74, 6) is 3.03. The molecule has 0 spiro atoms. The van der Waals surface area contributed by atoms with E-state index in [9.17, 15) is 4.79 Å². The van der Waals surface area contributed by atoms with Crippen molar-refractivity contribution in [1.29, 1.82) is 0 Å². The van der Waals surface area contributed by atoms with Gasteiger partial charge in [-0.15, -0.1) is 0 Å². The molecule has 2 bridgehead atoms. The summed E-state index contributed by atoms with van der Waals surface area (Å²) in [6.45, 7) is 5.88. The second-order valence-corrected chi connectivity index (χ2v) is 7.74. The number of ether oxygens (including phenoxy) is 1. The third kappa shape index (κ3) is 3.65. The van der Waals surface area contributed by atoms with E-state index in [4.69, 9.17) is 16.3 Å². The van der Waals surface area contributed by atoms with E-state index in [0.29, 0.717) is 16.7 Å². The van der Waals surface area contributed by atoms with Crippen LogP contribution in [-0.4, -0.2) is 18.1 Å². The van der Waals surface area contributed by atoms with Crippen LogP contribution in [-0.2, 0) is 4.79 Å². The molecule has 1 aromatic carbocycles. The Balaban J connectivity index is 1.55. The van der Waals surface area contributed by atoms with Gasteiger partial charge in [0.1, 0.15) is 5.75 Å². The predicted molar refractivity (Wildman–Crippen MR) is 92.8 cm³/mol. The van der Waals surface area contributed by atoms with Gasteiger partial charge in [-0.3, -0.25) is 4.79 Å². The number of halogens is 1. The third-order valence-electron chi connectivity index (χ3n) is 5.61. The number of carbonyl (C=O) groups excluding carboxylic acids is 1. The number of hydrogen-bond acceptors (Lipinski definition) is 2. The maximum absolute atomic E-state index is 12.4. The molecular weight excluding hydrogens is 310 g/mol. The number of carbonyl (C=O) groups is 1. The van der Waals surface area contributed by atoms with Crippen LogP contribution in [0, 0.1) is 24.7 Å². The fraction of sp³-hybridized carbons (Fsp3) is 0.632. The van der Waals surface area contributed by atoms with Gasteiger partial charge in [-0.25, -0.2) is 0 Å². The summed E-state index contributed by atoms with van der Waals surface area (Å²) in [7, 11) is 0. The summed E-state index contributed by atoms with van der Waals surface area (Å²) < 4.78 is 5.82. The molecule has 5 unspecified atom stereocenters. The Bertz CT molecular complexity index is 589. The van der Waals surface area contributed by atoms with Crippen molar-refractivity contribution in [2.75, 3.05) is 0 Å². The number of amides is 1. The molecule has 2 aliphatic rings. The zero-order chi connectivity index (χ0) is 16.6. The van der Waals surface area contributed by atoms with Crippen LogP contribution in [0.1, 0.15) is 45.1 Å². The average molecular weight is 336 g/mol. The number of aryl methyl sites for hydroxylation is 1. The molecule has 1 amide bonds. The zero-order valence-electron chi connectivity index (χ0n) is 14.1. The SMILES string of the molecule is Cc1cc(Cl)ccc1OC(C)C(=O)NC(C)C1CC2CCC1C2. The van der Waals surface area contributed by atoms with Crippen LogP contribution in [0.4, 0.5) is 0 Å². The molecule has 0 radical (unpaired) electrons. The van der Waals surface area contributed by atoms with Gasteiger partial charge in [0.15, 0.2) is 6.10 Å². The molecule has 23 heavy (non-hydrogen) atoms. The standard InChI is InChI=1S/C19H26ClNO2/c1-11-8-16(20)6-7-18(11)23-13(3)19(22)21-12(2)17-10-14-4-5-15(17)9-14/h6-8,12-15,17H,4-5,9-10H2,1-3H3,(H,21,22). The Labute approximate surface area is 143 Å². The molecule has 3 nitrogen and oxygen atoms in total. The van der Waals surface area contributed by atoms with Crippen molar-refractivity contribution in [3.8, 4) is 5.75 Å². The highest BCUT2D eigenvalue weighted by molar-refractivity contribution is 6.30. The fourth-order valence-corrected chi connectivity index (χ4v) is 4.57. The second kappa shape index (κ2) is 6.72. The van der Waals surface area contributed by atoms with E-state index in [0.717, 1.165) is 17.4 Å². The minimum absolute atomic E-state index is 0.0328. The van der Waals surface area contributed by atoms with Crippen LogP contribution < -0.4 is 10.1 Å². The Hall–Kier alpha value is -1.22. The fourth-order valence-electron chi connectivity index (χ4n) is 4.34. The summed E-state index contributed by atoms with van der Waals surface area (Å²) in [5.41, 5.74) is 0.943.